The van der Waals surface area contributed by atoms with Crippen LogP contribution in [0.25, 0.3) is 0 Å². The van der Waals surface area contributed by atoms with Gasteiger partial charge in [0.25, 0.3) is 0 Å². The Morgan fingerprint density at radius 1 is 1.36 bits per heavy atom. The Morgan fingerprint density at radius 3 is 2.73 bits per heavy atom. The lowest BCUT2D eigenvalue weighted by Crippen LogP contribution is -2.37. The molecule has 1 atom stereocenters. The van der Waals surface area contributed by atoms with Gasteiger partial charge in [-0.15, -0.1) is 0 Å². The van der Waals surface area contributed by atoms with Gasteiger partial charge < -0.3 is 15.0 Å². The van der Waals surface area contributed by atoms with Crippen molar-refractivity contribution in [2.45, 2.75) is 26.2 Å². The Hall–Kier alpha value is -1.88. The van der Waals surface area contributed by atoms with E-state index >= 15 is 0 Å². The molecule has 0 bridgehead atoms. The number of aryl methyl sites for hydroxylation is 1. The minimum absolute atomic E-state index is 0.103. The summed E-state index contributed by atoms with van der Waals surface area (Å²) < 4.78 is 4.94. The molecule has 0 radical (unpaired) electrons. The molecule has 22 heavy (non-hydrogen) atoms. The van der Waals surface area contributed by atoms with Crippen LogP contribution in [0.15, 0.2) is 24.3 Å². The van der Waals surface area contributed by atoms with E-state index in [0.717, 1.165) is 18.5 Å². The van der Waals surface area contributed by atoms with Gasteiger partial charge in [-0.3, -0.25) is 9.59 Å². The average Bonchev–Trinajstić information content (AvgIpc) is 2.93. The number of hydrogen-bond donors (Lipinski definition) is 1. The van der Waals surface area contributed by atoms with Gasteiger partial charge in [0.1, 0.15) is 5.92 Å². The van der Waals surface area contributed by atoms with Crippen molar-refractivity contribution in [2.75, 3.05) is 31.7 Å². The summed E-state index contributed by atoms with van der Waals surface area (Å²) in [6.45, 7) is 3.84. The molecule has 5 nitrogen and oxygen atoms in total. The van der Waals surface area contributed by atoms with Crippen LogP contribution < -0.4 is 10.2 Å². The van der Waals surface area contributed by atoms with Crippen LogP contribution in [0.3, 0.4) is 0 Å². The van der Waals surface area contributed by atoms with E-state index in [4.69, 9.17) is 4.74 Å². The molecule has 0 aromatic heterocycles. The Kier molecular flexibility index (Phi) is 5.95. The largest absolute Gasteiger partial charge is 0.385 e. The SMILES string of the molecule is CCc1ccc(N2CC[C@@H](C(=O)NCCCOC)C2=O)cc1. The molecule has 1 heterocycles. The lowest BCUT2D eigenvalue weighted by molar-refractivity contribution is -0.132. The smallest absolute Gasteiger partial charge is 0.239 e. The maximum atomic E-state index is 12.4. The predicted octanol–water partition coefficient (Wildman–Crippen LogP) is 1.75. The van der Waals surface area contributed by atoms with Gasteiger partial charge in [-0.25, -0.2) is 0 Å². The Bertz CT molecular complexity index is 513. The second-order valence-electron chi connectivity index (χ2n) is 5.49. The highest BCUT2D eigenvalue weighted by Crippen LogP contribution is 2.25. The minimum atomic E-state index is -0.562. The molecule has 2 rings (SSSR count). The summed E-state index contributed by atoms with van der Waals surface area (Å²) >= 11 is 0. The Labute approximate surface area is 131 Å². The normalized spacial score (nSPS) is 17.8. The fourth-order valence-electron chi connectivity index (χ4n) is 2.64. The highest BCUT2D eigenvalue weighted by Gasteiger charge is 2.37. The summed E-state index contributed by atoms with van der Waals surface area (Å²) in [6, 6.07) is 7.97. The number of nitrogens with one attached hydrogen (secondary N) is 1. The van der Waals surface area contributed by atoms with Crippen LogP contribution in [0.4, 0.5) is 5.69 Å². The molecule has 5 heteroatoms. The fraction of sp³-hybridized carbons (Fsp3) is 0.529. The maximum absolute atomic E-state index is 12.4. The first-order valence-electron chi connectivity index (χ1n) is 7.84. The zero-order valence-electron chi connectivity index (χ0n) is 13.3. The molecule has 120 valence electrons. The quantitative estimate of drug-likeness (QED) is 0.617. The van der Waals surface area contributed by atoms with Crippen LogP contribution in [-0.2, 0) is 20.7 Å². The molecule has 1 aliphatic rings. The van der Waals surface area contributed by atoms with Crippen molar-refractivity contribution in [3.05, 3.63) is 29.8 Å². The third-order valence-electron chi connectivity index (χ3n) is 4.00. The summed E-state index contributed by atoms with van der Waals surface area (Å²) in [6.07, 6.45) is 2.30. The van der Waals surface area contributed by atoms with Crippen LogP contribution in [0.5, 0.6) is 0 Å². The highest BCUT2D eigenvalue weighted by atomic mass is 16.5. The van der Waals surface area contributed by atoms with Crippen LogP contribution in [-0.4, -0.2) is 38.6 Å². The molecule has 1 aliphatic heterocycles. The van der Waals surface area contributed by atoms with Crippen LogP contribution in [0.1, 0.15) is 25.3 Å². The predicted molar refractivity (Wildman–Crippen MR) is 85.8 cm³/mol. The van der Waals surface area contributed by atoms with Gasteiger partial charge in [-0.1, -0.05) is 19.1 Å². The Balaban J connectivity index is 1.92. The van der Waals surface area contributed by atoms with Crippen molar-refractivity contribution in [3.63, 3.8) is 0 Å². The minimum Gasteiger partial charge on any atom is -0.385 e. The summed E-state index contributed by atoms with van der Waals surface area (Å²) in [4.78, 5) is 26.2. The van der Waals surface area contributed by atoms with E-state index in [1.165, 1.54) is 5.56 Å². The van der Waals surface area contributed by atoms with Crippen LogP contribution in [0.2, 0.25) is 0 Å². The van der Waals surface area contributed by atoms with E-state index in [1.807, 2.05) is 24.3 Å². The third kappa shape index (κ3) is 3.85. The second kappa shape index (κ2) is 7.94. The van der Waals surface area contributed by atoms with Gasteiger partial charge in [-0.2, -0.15) is 0 Å². The van der Waals surface area contributed by atoms with Crippen molar-refractivity contribution in [1.29, 1.82) is 0 Å². The molecule has 0 spiro atoms. The van der Waals surface area contributed by atoms with E-state index in [0.29, 0.717) is 26.1 Å². The number of carbonyl (C=O) groups is 2. The van der Waals surface area contributed by atoms with Gasteiger partial charge in [0.05, 0.1) is 0 Å². The number of carbonyl (C=O) groups excluding carboxylic acids is 2. The molecule has 0 unspecified atom stereocenters. The van der Waals surface area contributed by atoms with Crippen molar-refractivity contribution in [1.82, 2.24) is 5.32 Å². The molecule has 0 aliphatic carbocycles. The molecule has 0 saturated carbocycles. The zero-order chi connectivity index (χ0) is 15.9. The number of amides is 2. The molecular weight excluding hydrogens is 280 g/mol. The summed E-state index contributed by atoms with van der Waals surface area (Å²) in [7, 11) is 1.63. The molecule has 2 amide bonds. The lowest BCUT2D eigenvalue weighted by Gasteiger charge is -2.17. The van der Waals surface area contributed by atoms with E-state index in [-0.39, 0.29) is 11.8 Å². The number of rotatable bonds is 7. The van der Waals surface area contributed by atoms with Crippen molar-refractivity contribution >= 4 is 17.5 Å². The van der Waals surface area contributed by atoms with Gasteiger partial charge in [0.15, 0.2) is 0 Å². The molecule has 1 aromatic rings. The first-order valence-corrected chi connectivity index (χ1v) is 7.84. The molecule has 1 N–H and O–H groups in total. The maximum Gasteiger partial charge on any atom is 0.239 e. The number of ether oxygens (including phenoxy) is 1. The van der Waals surface area contributed by atoms with Crippen LogP contribution >= 0.6 is 0 Å². The van der Waals surface area contributed by atoms with E-state index in [2.05, 4.69) is 12.2 Å². The summed E-state index contributed by atoms with van der Waals surface area (Å²) in [5, 5.41) is 2.81. The lowest BCUT2D eigenvalue weighted by atomic mass is 10.1. The van der Waals surface area contributed by atoms with E-state index in [9.17, 15) is 9.59 Å². The van der Waals surface area contributed by atoms with E-state index < -0.39 is 5.92 Å². The fourth-order valence-corrected chi connectivity index (χ4v) is 2.64. The molecule has 1 aromatic carbocycles. The third-order valence-corrected chi connectivity index (χ3v) is 4.00. The monoisotopic (exact) mass is 304 g/mol. The number of anilines is 1. The van der Waals surface area contributed by atoms with Crippen molar-refractivity contribution in [3.8, 4) is 0 Å². The zero-order valence-corrected chi connectivity index (χ0v) is 13.3. The van der Waals surface area contributed by atoms with Gasteiger partial charge in [-0.05, 0) is 37.0 Å². The highest BCUT2D eigenvalue weighted by molar-refractivity contribution is 6.09. The topological polar surface area (TPSA) is 58.6 Å². The van der Waals surface area contributed by atoms with E-state index in [1.54, 1.807) is 12.0 Å². The first-order chi connectivity index (χ1) is 10.7. The number of methoxy groups -OCH3 is 1. The number of nitrogens with zero attached hydrogens (tertiary/aromatic N) is 1. The summed E-state index contributed by atoms with van der Waals surface area (Å²) in [5.74, 6) is -0.837. The Morgan fingerprint density at radius 2 is 2.09 bits per heavy atom. The molecule has 1 saturated heterocycles. The second-order valence-corrected chi connectivity index (χ2v) is 5.49. The number of hydrogen-bond acceptors (Lipinski definition) is 3. The van der Waals surface area contributed by atoms with Crippen molar-refractivity contribution < 1.29 is 14.3 Å². The van der Waals surface area contributed by atoms with Crippen molar-refractivity contribution in [2.24, 2.45) is 5.92 Å². The number of benzene rings is 1. The van der Waals surface area contributed by atoms with Gasteiger partial charge >= 0.3 is 0 Å². The van der Waals surface area contributed by atoms with Crippen LogP contribution in [0, 0.1) is 5.92 Å². The first kappa shape index (κ1) is 16.5. The molecule has 1 fully saturated rings. The average molecular weight is 304 g/mol. The summed E-state index contributed by atoms with van der Waals surface area (Å²) in [5.41, 5.74) is 2.11. The van der Waals surface area contributed by atoms with Gasteiger partial charge in [0.2, 0.25) is 11.8 Å². The standard InChI is InChI=1S/C17H24N2O3/c1-3-13-5-7-14(8-6-13)19-11-9-15(17(19)21)16(20)18-10-4-12-22-2/h5-8,15H,3-4,9-12H2,1-2H3,(H,18,20)/t15-/m0/s1. The van der Waals surface area contributed by atoms with Gasteiger partial charge in [0, 0.05) is 32.5 Å². The molecular formula is C17H24N2O3.